The first kappa shape index (κ1) is 19.6. The van der Waals surface area contributed by atoms with Crippen molar-refractivity contribution >= 4 is 6.47 Å². The number of hydrogen-bond donors (Lipinski definition) is 3. The average Bonchev–Trinajstić information content (AvgIpc) is 2.07. The van der Waals surface area contributed by atoms with Crippen molar-refractivity contribution in [3.8, 4) is 0 Å². The number of aliphatic hydroxyl groups excluding tert-OH is 3. The van der Waals surface area contributed by atoms with Crippen LogP contribution in [0, 0.1) is 0 Å². The molecule has 0 fully saturated rings. The Kier molecular flexibility index (Phi) is 26.3. The summed E-state index contributed by atoms with van der Waals surface area (Å²) in [6, 6.07) is 0. The zero-order valence-corrected chi connectivity index (χ0v) is 9.21. The van der Waals surface area contributed by atoms with Gasteiger partial charge in [-0.15, -0.1) is 0 Å². The summed E-state index contributed by atoms with van der Waals surface area (Å²) in [5, 5.41) is 33.7. The van der Waals surface area contributed by atoms with Crippen molar-refractivity contribution < 1.29 is 47.6 Å². The molecule has 14 heavy (non-hydrogen) atoms. The van der Waals surface area contributed by atoms with E-state index in [-0.39, 0.29) is 42.2 Å². The van der Waals surface area contributed by atoms with Crippen LogP contribution in [-0.2, 0) is 27.2 Å². The maximum absolute atomic E-state index is 8.48. The normalized spacial score (nSPS) is 8.57. The molecule has 3 N–H and O–H groups in total. The van der Waals surface area contributed by atoms with Gasteiger partial charge in [-0.2, -0.15) is 0 Å². The molecule has 0 aliphatic heterocycles. The van der Waals surface area contributed by atoms with Crippen molar-refractivity contribution in [2.45, 2.75) is 0 Å². The molecule has 0 aromatic heterocycles. The molecule has 0 unspecified atom stereocenters. The van der Waals surface area contributed by atoms with E-state index in [0.29, 0.717) is 19.6 Å². The minimum atomic E-state index is -0.500. The Hall–Kier alpha value is 0.0503. The molecule has 0 aromatic rings. The summed E-state index contributed by atoms with van der Waals surface area (Å²) in [5.74, 6) is 0. The Balaban J connectivity index is -0.000000267. The molecule has 0 heterocycles. The Morgan fingerprint density at radius 1 is 1.00 bits per heavy atom. The minimum Gasteiger partial charge on any atom is -0.554 e. The van der Waals surface area contributed by atoms with Gasteiger partial charge in [0, 0.05) is 26.1 Å². The number of carbonyl (C=O) groups is 1. The van der Waals surface area contributed by atoms with Crippen LogP contribution < -0.4 is 5.11 Å². The first-order valence-electron chi connectivity index (χ1n) is 3.87. The Bertz CT molecular complexity index is 91.8. The summed E-state index contributed by atoms with van der Waals surface area (Å²) < 4.78 is 0. The van der Waals surface area contributed by atoms with Crippen LogP contribution in [0.1, 0.15) is 0 Å². The van der Waals surface area contributed by atoms with Crippen LogP contribution in [0.25, 0.3) is 0 Å². The molecule has 0 bridgehead atoms. The summed E-state index contributed by atoms with van der Waals surface area (Å²) >= 11 is 0. The van der Waals surface area contributed by atoms with Gasteiger partial charge in [-0.1, -0.05) is 0 Å². The summed E-state index contributed by atoms with van der Waals surface area (Å²) in [4.78, 5) is 10.0. The summed E-state index contributed by atoms with van der Waals surface area (Å²) in [5.41, 5.74) is 0. The van der Waals surface area contributed by atoms with Crippen LogP contribution in [0.2, 0.25) is 0 Å². The van der Waals surface area contributed by atoms with Crippen LogP contribution >= 0.6 is 0 Å². The molecule has 0 aromatic carbocycles. The van der Waals surface area contributed by atoms with E-state index in [2.05, 4.69) is 0 Å². The summed E-state index contributed by atoms with van der Waals surface area (Å²) in [7, 11) is 0. The van der Waals surface area contributed by atoms with Crippen LogP contribution in [0.15, 0.2) is 0 Å². The van der Waals surface area contributed by atoms with E-state index in [0.717, 1.165) is 0 Å². The maximum atomic E-state index is 8.48. The van der Waals surface area contributed by atoms with Gasteiger partial charge in [0.2, 0.25) is 0 Å². The smallest absolute Gasteiger partial charge is 0.554 e. The maximum Gasteiger partial charge on any atom is 1.00 e. The molecule has 90 valence electrons. The molecule has 0 amide bonds. The number of nitrogens with zero attached hydrogens (tertiary/aromatic N) is 1. The van der Waals surface area contributed by atoms with Crippen LogP contribution in [0.5, 0.6) is 0 Å². The van der Waals surface area contributed by atoms with Crippen LogP contribution in [0.3, 0.4) is 0 Å². The van der Waals surface area contributed by atoms with Gasteiger partial charge in [0.05, 0.1) is 19.8 Å². The van der Waals surface area contributed by atoms with Crippen molar-refractivity contribution in [2.24, 2.45) is 0 Å². The fourth-order valence-electron chi connectivity index (χ4n) is 0.760. The molecule has 0 spiro atoms. The van der Waals surface area contributed by atoms with Gasteiger partial charge in [0.1, 0.15) is 0 Å². The Labute approximate surface area is 98.7 Å². The average molecular weight is 302 g/mol. The molecular weight excluding hydrogens is 286 g/mol. The van der Waals surface area contributed by atoms with E-state index in [1.807, 2.05) is 0 Å². The third kappa shape index (κ3) is 18.0. The molecule has 0 aliphatic rings. The van der Waals surface area contributed by atoms with E-state index in [4.69, 9.17) is 25.2 Å². The van der Waals surface area contributed by atoms with Gasteiger partial charge >= 0.3 is 22.4 Å². The van der Waals surface area contributed by atoms with Crippen molar-refractivity contribution in [2.75, 3.05) is 39.5 Å². The predicted octanol–water partition coefficient (Wildman–Crippen LogP) is -3.37. The number of carboxylic acid groups (broad SMARTS) is 1. The van der Waals surface area contributed by atoms with Gasteiger partial charge in [0.15, 0.2) is 0 Å². The largest absolute Gasteiger partial charge is 1.00 e. The van der Waals surface area contributed by atoms with Crippen LogP contribution in [0.4, 0.5) is 0 Å². The quantitative estimate of drug-likeness (QED) is 0.349. The molecule has 0 saturated carbocycles. The molecule has 0 rings (SSSR count). The van der Waals surface area contributed by atoms with Crippen molar-refractivity contribution in [3.05, 3.63) is 0 Å². The number of rotatable bonds is 6. The molecule has 0 atom stereocenters. The van der Waals surface area contributed by atoms with Crippen LogP contribution in [-0.4, -0.2) is 66.1 Å². The fourth-order valence-corrected chi connectivity index (χ4v) is 0.760. The van der Waals surface area contributed by atoms with E-state index in [1.165, 1.54) is 0 Å². The first-order chi connectivity index (χ1) is 6.26. The monoisotopic (exact) mass is 301 g/mol. The van der Waals surface area contributed by atoms with Gasteiger partial charge in [-0.3, -0.25) is 4.90 Å². The van der Waals surface area contributed by atoms with Gasteiger partial charge in [-0.05, 0) is 0 Å². The van der Waals surface area contributed by atoms with Crippen molar-refractivity contribution in [1.82, 2.24) is 4.90 Å². The molecule has 0 radical (unpaired) electrons. The summed E-state index contributed by atoms with van der Waals surface area (Å²) in [6.07, 6.45) is 0. The van der Waals surface area contributed by atoms with E-state index in [1.54, 1.807) is 4.90 Å². The minimum absolute atomic E-state index is 0. The van der Waals surface area contributed by atoms with Gasteiger partial charge in [-0.25, -0.2) is 0 Å². The first-order valence-corrected chi connectivity index (χ1v) is 3.87. The standard InChI is InChI=1S/C6H15NO3.CH2O2.Ag/c8-4-1-7(2-5-9)3-6-10;2-1-3;/h8-10H,1-6H2;1H,(H,2,3);/q;;+1/p-1. The topological polar surface area (TPSA) is 104 Å². The van der Waals surface area contributed by atoms with E-state index in [9.17, 15) is 0 Å². The molecular formula is C7H16AgNO5. The number of carbonyl (C=O) groups excluding carboxylic acids is 1. The Morgan fingerprint density at radius 3 is 1.36 bits per heavy atom. The SMILES string of the molecule is O=C[O-].OCCN(CCO)CCO.[Ag+]. The van der Waals surface area contributed by atoms with Crippen molar-refractivity contribution in [1.29, 1.82) is 0 Å². The second-order valence-electron chi connectivity index (χ2n) is 2.11. The third-order valence-electron chi connectivity index (χ3n) is 1.25. The number of aliphatic hydroxyl groups is 3. The number of hydrogen-bond acceptors (Lipinski definition) is 6. The fraction of sp³-hybridized carbons (Fsp3) is 0.857. The van der Waals surface area contributed by atoms with Gasteiger partial charge < -0.3 is 25.2 Å². The zero-order chi connectivity index (χ0) is 10.5. The molecule has 6 nitrogen and oxygen atoms in total. The van der Waals surface area contributed by atoms with E-state index >= 15 is 0 Å². The molecule has 0 aliphatic carbocycles. The molecule has 0 saturated heterocycles. The summed E-state index contributed by atoms with van der Waals surface area (Å²) in [6.45, 7) is 1.25. The second kappa shape index (κ2) is 18.8. The Morgan fingerprint density at radius 2 is 1.21 bits per heavy atom. The molecule has 7 heteroatoms. The van der Waals surface area contributed by atoms with E-state index < -0.39 is 6.47 Å². The second-order valence-corrected chi connectivity index (χ2v) is 2.11. The van der Waals surface area contributed by atoms with Crippen molar-refractivity contribution in [3.63, 3.8) is 0 Å². The van der Waals surface area contributed by atoms with Gasteiger partial charge in [0.25, 0.3) is 0 Å². The third-order valence-corrected chi connectivity index (χ3v) is 1.25. The predicted molar refractivity (Wildman–Crippen MR) is 43.8 cm³/mol. The zero-order valence-electron chi connectivity index (χ0n) is 7.73.